The topological polar surface area (TPSA) is 64.3 Å². The summed E-state index contributed by atoms with van der Waals surface area (Å²) in [5.74, 6) is -0.0483. The molecule has 4 nitrogen and oxygen atoms in total. The van der Waals surface area contributed by atoms with Gasteiger partial charge in [-0.15, -0.1) is 0 Å². The van der Waals surface area contributed by atoms with E-state index in [0.717, 1.165) is 32.3 Å². The summed E-state index contributed by atoms with van der Waals surface area (Å²) in [4.78, 5) is 12.8. The Hall–Kier alpha value is -0.680. The van der Waals surface area contributed by atoms with Crippen LogP contribution in [0.3, 0.4) is 0 Å². The fraction of sp³-hybridized carbons (Fsp3) is 0.867. The van der Waals surface area contributed by atoms with Crippen LogP contribution in [0.1, 0.15) is 59.3 Å². The molecule has 0 spiro atoms. The van der Waals surface area contributed by atoms with E-state index >= 15 is 0 Å². The van der Waals surface area contributed by atoms with E-state index in [4.69, 9.17) is 22.7 Å². The van der Waals surface area contributed by atoms with Crippen LogP contribution in [-0.4, -0.2) is 30.7 Å². The molecular weight excluding hydrogens is 272 g/mol. The SMILES string of the molecule is CCCCOCCNC(=O)C(CCC)(CCC)C(N)=S. The van der Waals surface area contributed by atoms with E-state index in [-0.39, 0.29) is 5.91 Å². The molecule has 0 fully saturated rings. The van der Waals surface area contributed by atoms with Crippen LogP contribution in [0, 0.1) is 5.41 Å². The monoisotopic (exact) mass is 302 g/mol. The zero-order valence-electron chi connectivity index (χ0n) is 13.2. The second-order valence-electron chi connectivity index (χ2n) is 5.17. The fourth-order valence-electron chi connectivity index (χ4n) is 2.32. The summed E-state index contributed by atoms with van der Waals surface area (Å²) in [6.07, 6.45) is 5.35. The van der Waals surface area contributed by atoms with Gasteiger partial charge in [0.05, 0.1) is 17.0 Å². The number of nitrogens with two attached hydrogens (primary N) is 1. The number of hydrogen-bond acceptors (Lipinski definition) is 3. The molecule has 20 heavy (non-hydrogen) atoms. The highest BCUT2D eigenvalue weighted by Crippen LogP contribution is 2.30. The molecule has 0 radical (unpaired) electrons. The molecule has 1 amide bonds. The molecule has 118 valence electrons. The van der Waals surface area contributed by atoms with Crippen LogP contribution < -0.4 is 11.1 Å². The molecular formula is C15H30N2O2S. The van der Waals surface area contributed by atoms with Crippen molar-refractivity contribution >= 4 is 23.1 Å². The first-order valence-electron chi connectivity index (χ1n) is 7.71. The van der Waals surface area contributed by atoms with Crippen LogP contribution in [0.2, 0.25) is 0 Å². The van der Waals surface area contributed by atoms with Crippen molar-refractivity contribution in [3.05, 3.63) is 0 Å². The molecule has 3 N–H and O–H groups in total. The third-order valence-corrected chi connectivity index (χ3v) is 3.82. The molecule has 0 aliphatic carbocycles. The quantitative estimate of drug-likeness (QED) is 0.430. The normalized spacial score (nSPS) is 11.3. The maximum Gasteiger partial charge on any atom is 0.233 e. The Bertz CT molecular complexity index is 290. The summed E-state index contributed by atoms with van der Waals surface area (Å²) in [5.41, 5.74) is 5.16. The molecule has 0 atom stereocenters. The summed E-state index contributed by atoms with van der Waals surface area (Å²) in [6, 6.07) is 0. The van der Waals surface area contributed by atoms with Gasteiger partial charge in [-0.2, -0.15) is 0 Å². The Labute approximate surface area is 128 Å². The lowest BCUT2D eigenvalue weighted by atomic mass is 9.78. The molecule has 0 bridgehead atoms. The largest absolute Gasteiger partial charge is 0.392 e. The van der Waals surface area contributed by atoms with Crippen molar-refractivity contribution in [3.8, 4) is 0 Å². The van der Waals surface area contributed by atoms with Crippen molar-refractivity contribution in [2.45, 2.75) is 59.3 Å². The Morgan fingerprint density at radius 2 is 1.75 bits per heavy atom. The van der Waals surface area contributed by atoms with Crippen LogP contribution in [0.25, 0.3) is 0 Å². The molecule has 0 saturated carbocycles. The summed E-state index contributed by atoms with van der Waals surface area (Å²) >= 11 is 5.16. The van der Waals surface area contributed by atoms with Gasteiger partial charge in [-0.1, -0.05) is 52.3 Å². The van der Waals surface area contributed by atoms with Gasteiger partial charge in [-0.05, 0) is 19.3 Å². The number of rotatable bonds is 12. The van der Waals surface area contributed by atoms with E-state index in [1.165, 1.54) is 0 Å². The molecule has 0 rings (SSSR count). The summed E-state index contributed by atoms with van der Waals surface area (Å²) in [6.45, 7) is 8.01. The van der Waals surface area contributed by atoms with E-state index in [2.05, 4.69) is 12.2 Å². The number of ether oxygens (including phenoxy) is 1. The molecule has 0 aromatic carbocycles. The van der Waals surface area contributed by atoms with Gasteiger partial charge in [-0.25, -0.2) is 0 Å². The van der Waals surface area contributed by atoms with Crippen molar-refractivity contribution in [1.82, 2.24) is 5.32 Å². The predicted molar refractivity (Wildman–Crippen MR) is 87.8 cm³/mol. The van der Waals surface area contributed by atoms with Crippen LogP contribution in [0.5, 0.6) is 0 Å². The maximum absolute atomic E-state index is 12.4. The van der Waals surface area contributed by atoms with E-state index in [1.807, 2.05) is 13.8 Å². The fourth-order valence-corrected chi connectivity index (χ4v) is 2.62. The van der Waals surface area contributed by atoms with E-state index < -0.39 is 5.41 Å². The molecule has 0 unspecified atom stereocenters. The minimum atomic E-state index is -0.692. The molecule has 0 saturated heterocycles. The van der Waals surface area contributed by atoms with E-state index in [1.54, 1.807) is 0 Å². The Morgan fingerprint density at radius 1 is 1.15 bits per heavy atom. The average Bonchev–Trinajstić information content (AvgIpc) is 2.41. The summed E-state index contributed by atoms with van der Waals surface area (Å²) in [7, 11) is 0. The number of carbonyl (C=O) groups excluding carboxylic acids is 1. The Balaban J connectivity index is 4.37. The number of unbranched alkanes of at least 4 members (excludes halogenated alkanes) is 1. The lowest BCUT2D eigenvalue weighted by molar-refractivity contribution is -0.128. The lowest BCUT2D eigenvalue weighted by Gasteiger charge is -2.31. The second-order valence-corrected chi connectivity index (χ2v) is 5.61. The van der Waals surface area contributed by atoms with Crippen molar-refractivity contribution < 1.29 is 9.53 Å². The predicted octanol–water partition coefficient (Wildman–Crippen LogP) is 2.79. The van der Waals surface area contributed by atoms with Gasteiger partial charge in [0, 0.05) is 13.2 Å². The average molecular weight is 302 g/mol. The minimum absolute atomic E-state index is 0.0483. The van der Waals surface area contributed by atoms with E-state index in [0.29, 0.717) is 31.0 Å². The number of nitrogens with one attached hydrogen (secondary N) is 1. The lowest BCUT2D eigenvalue weighted by Crippen LogP contribution is -2.49. The highest BCUT2D eigenvalue weighted by Gasteiger charge is 2.39. The van der Waals surface area contributed by atoms with Gasteiger partial charge >= 0.3 is 0 Å². The zero-order valence-corrected chi connectivity index (χ0v) is 14.0. The van der Waals surface area contributed by atoms with Crippen LogP contribution in [-0.2, 0) is 9.53 Å². The first-order chi connectivity index (χ1) is 9.55. The number of thiocarbonyl (C=S) groups is 1. The third-order valence-electron chi connectivity index (χ3n) is 3.43. The van der Waals surface area contributed by atoms with Crippen LogP contribution in [0.4, 0.5) is 0 Å². The summed E-state index contributed by atoms with van der Waals surface area (Å²) in [5, 5.41) is 2.92. The smallest absolute Gasteiger partial charge is 0.233 e. The minimum Gasteiger partial charge on any atom is -0.392 e. The van der Waals surface area contributed by atoms with Crippen LogP contribution >= 0.6 is 12.2 Å². The standard InChI is InChI=1S/C15H30N2O2S/c1-4-7-11-19-12-10-17-14(18)15(8-5-2,9-6-3)13(16)20/h4-12H2,1-3H3,(H2,16,20)(H,17,18). The van der Waals surface area contributed by atoms with Crippen molar-refractivity contribution in [1.29, 1.82) is 0 Å². The summed E-state index contributed by atoms with van der Waals surface area (Å²) < 4.78 is 5.44. The van der Waals surface area contributed by atoms with Gasteiger partial charge in [0.1, 0.15) is 0 Å². The van der Waals surface area contributed by atoms with Gasteiger partial charge in [0.15, 0.2) is 0 Å². The number of hydrogen-bond donors (Lipinski definition) is 2. The van der Waals surface area contributed by atoms with Gasteiger partial charge in [0.25, 0.3) is 0 Å². The molecule has 5 heteroatoms. The van der Waals surface area contributed by atoms with E-state index in [9.17, 15) is 4.79 Å². The van der Waals surface area contributed by atoms with Crippen molar-refractivity contribution in [2.24, 2.45) is 11.1 Å². The zero-order chi connectivity index (χ0) is 15.4. The van der Waals surface area contributed by atoms with Crippen LogP contribution in [0.15, 0.2) is 0 Å². The van der Waals surface area contributed by atoms with Crippen molar-refractivity contribution in [2.75, 3.05) is 19.8 Å². The highest BCUT2D eigenvalue weighted by molar-refractivity contribution is 7.80. The first-order valence-corrected chi connectivity index (χ1v) is 8.11. The number of carbonyl (C=O) groups is 1. The highest BCUT2D eigenvalue weighted by atomic mass is 32.1. The first kappa shape index (κ1) is 19.3. The maximum atomic E-state index is 12.4. The third kappa shape index (κ3) is 6.18. The number of amides is 1. The Morgan fingerprint density at radius 3 is 2.20 bits per heavy atom. The molecule has 0 aromatic rings. The molecule has 0 heterocycles. The van der Waals surface area contributed by atoms with Gasteiger partial charge in [0.2, 0.25) is 5.91 Å². The molecule has 0 aliphatic rings. The molecule has 0 aliphatic heterocycles. The second kappa shape index (κ2) is 11.0. The van der Waals surface area contributed by atoms with Gasteiger partial charge < -0.3 is 15.8 Å². The van der Waals surface area contributed by atoms with Gasteiger partial charge in [-0.3, -0.25) is 4.79 Å². The van der Waals surface area contributed by atoms with Crippen molar-refractivity contribution in [3.63, 3.8) is 0 Å². The Kier molecular flexibility index (Phi) is 10.7. The molecule has 0 aromatic heterocycles.